The van der Waals surface area contributed by atoms with Gasteiger partial charge in [-0.05, 0) is 68.7 Å². The van der Waals surface area contributed by atoms with Gasteiger partial charge < -0.3 is 9.64 Å². The van der Waals surface area contributed by atoms with Gasteiger partial charge in [0, 0.05) is 24.6 Å². The molecule has 0 spiro atoms. The van der Waals surface area contributed by atoms with E-state index >= 15 is 0 Å². The van der Waals surface area contributed by atoms with E-state index in [9.17, 15) is 0 Å². The van der Waals surface area contributed by atoms with Crippen LogP contribution in [-0.2, 0) is 4.74 Å². The van der Waals surface area contributed by atoms with Gasteiger partial charge in [0.15, 0.2) is 0 Å². The second-order valence-electron chi connectivity index (χ2n) is 7.62. The summed E-state index contributed by atoms with van der Waals surface area (Å²) >= 11 is 12.4. The van der Waals surface area contributed by atoms with Gasteiger partial charge in [0.2, 0.25) is 0 Å². The molecule has 4 rings (SSSR count). The molecule has 23 heavy (non-hydrogen) atoms. The van der Waals surface area contributed by atoms with Crippen molar-refractivity contribution in [1.82, 2.24) is 4.90 Å². The molecule has 4 heteroatoms. The lowest BCUT2D eigenvalue weighted by molar-refractivity contribution is 0.0176. The Bertz CT molecular complexity index is 574. The fourth-order valence-electron chi connectivity index (χ4n) is 4.59. The summed E-state index contributed by atoms with van der Waals surface area (Å²) in [6.07, 6.45) is 6.54. The molecule has 2 heterocycles. The number of fused-ring (bicyclic) bond motifs is 2. The highest BCUT2D eigenvalue weighted by atomic mass is 35.5. The van der Waals surface area contributed by atoms with Crippen LogP contribution in [0.4, 0.5) is 0 Å². The molecule has 3 fully saturated rings. The first-order chi connectivity index (χ1) is 11.1. The predicted octanol–water partition coefficient (Wildman–Crippen LogP) is 4.99. The summed E-state index contributed by atoms with van der Waals surface area (Å²) in [7, 11) is 2.29. The lowest BCUT2D eigenvalue weighted by Crippen LogP contribution is -2.47. The molecule has 2 aliphatic heterocycles. The number of rotatable bonds is 5. The van der Waals surface area contributed by atoms with Crippen molar-refractivity contribution in [2.45, 2.75) is 50.1 Å². The molecule has 126 valence electrons. The van der Waals surface area contributed by atoms with Crippen LogP contribution < -0.4 is 0 Å². The van der Waals surface area contributed by atoms with E-state index < -0.39 is 0 Å². The standard InChI is InChI=1S/C19H25Cl2NO/c1-22-14-5-7-19(22)16(11-23-10-12-2-3-12)15(9-14)13-4-6-17(20)18(21)8-13/h4,6,8,12,14-16,19H,2-3,5,7,9-11H2,1H3/t14-,15+,16-,19+/m1/s1. The summed E-state index contributed by atoms with van der Waals surface area (Å²) < 4.78 is 6.12. The Morgan fingerprint density at radius 1 is 1.09 bits per heavy atom. The van der Waals surface area contributed by atoms with Gasteiger partial charge in [-0.1, -0.05) is 29.3 Å². The first-order valence-corrected chi connectivity index (χ1v) is 9.63. The van der Waals surface area contributed by atoms with Crippen LogP contribution in [0.15, 0.2) is 18.2 Å². The van der Waals surface area contributed by atoms with E-state index in [1.54, 1.807) is 0 Å². The van der Waals surface area contributed by atoms with Crippen LogP contribution >= 0.6 is 23.2 Å². The first-order valence-electron chi connectivity index (χ1n) is 8.88. The Morgan fingerprint density at radius 3 is 2.65 bits per heavy atom. The van der Waals surface area contributed by atoms with E-state index in [1.807, 2.05) is 6.07 Å². The molecule has 1 aromatic rings. The van der Waals surface area contributed by atoms with Crippen molar-refractivity contribution in [2.24, 2.45) is 11.8 Å². The van der Waals surface area contributed by atoms with Crippen LogP contribution in [0, 0.1) is 11.8 Å². The van der Waals surface area contributed by atoms with Crippen molar-refractivity contribution >= 4 is 23.2 Å². The Morgan fingerprint density at radius 2 is 1.91 bits per heavy atom. The second-order valence-corrected chi connectivity index (χ2v) is 8.44. The molecule has 0 radical (unpaired) electrons. The molecule has 0 unspecified atom stereocenters. The second kappa shape index (κ2) is 6.55. The summed E-state index contributed by atoms with van der Waals surface area (Å²) in [5.41, 5.74) is 1.34. The molecule has 2 bridgehead atoms. The lowest BCUT2D eigenvalue weighted by atomic mass is 9.76. The van der Waals surface area contributed by atoms with Crippen LogP contribution in [-0.4, -0.2) is 37.2 Å². The van der Waals surface area contributed by atoms with Crippen molar-refractivity contribution < 1.29 is 4.74 Å². The average molecular weight is 354 g/mol. The van der Waals surface area contributed by atoms with E-state index in [-0.39, 0.29) is 0 Å². The molecule has 1 aromatic carbocycles. The monoisotopic (exact) mass is 353 g/mol. The molecule has 1 aliphatic carbocycles. The van der Waals surface area contributed by atoms with E-state index in [1.165, 1.54) is 37.7 Å². The maximum Gasteiger partial charge on any atom is 0.0595 e. The van der Waals surface area contributed by atoms with Crippen molar-refractivity contribution in [3.05, 3.63) is 33.8 Å². The normalized spacial score (nSPS) is 34.0. The maximum absolute atomic E-state index is 6.28. The predicted molar refractivity (Wildman–Crippen MR) is 95.4 cm³/mol. The highest BCUT2D eigenvalue weighted by Crippen LogP contribution is 2.47. The van der Waals surface area contributed by atoms with E-state index in [0.717, 1.165) is 19.1 Å². The van der Waals surface area contributed by atoms with Crippen LogP contribution in [0.25, 0.3) is 0 Å². The maximum atomic E-state index is 6.28. The Hall–Kier alpha value is -0.280. The first kappa shape index (κ1) is 16.2. The third kappa shape index (κ3) is 3.28. The third-order valence-corrected chi connectivity index (χ3v) is 6.90. The van der Waals surface area contributed by atoms with Crippen molar-refractivity contribution in [3.8, 4) is 0 Å². The minimum atomic E-state index is 0.540. The molecule has 0 N–H and O–H groups in total. The van der Waals surface area contributed by atoms with Gasteiger partial charge >= 0.3 is 0 Å². The van der Waals surface area contributed by atoms with Gasteiger partial charge in [-0.15, -0.1) is 0 Å². The molecule has 0 aromatic heterocycles. The molecule has 4 atom stereocenters. The van der Waals surface area contributed by atoms with Crippen LogP contribution in [0.3, 0.4) is 0 Å². The third-order valence-electron chi connectivity index (χ3n) is 6.16. The van der Waals surface area contributed by atoms with Gasteiger partial charge in [0.1, 0.15) is 0 Å². The molecule has 1 saturated carbocycles. The molecule has 2 saturated heterocycles. The van der Waals surface area contributed by atoms with Gasteiger partial charge in [-0.2, -0.15) is 0 Å². The molecular formula is C19H25Cl2NO. The summed E-state index contributed by atoms with van der Waals surface area (Å²) in [5.74, 6) is 1.93. The smallest absolute Gasteiger partial charge is 0.0595 e. The summed E-state index contributed by atoms with van der Waals surface area (Å²) in [6.45, 7) is 1.83. The van der Waals surface area contributed by atoms with Gasteiger partial charge in [0.25, 0.3) is 0 Å². The highest BCUT2D eigenvalue weighted by Gasteiger charge is 2.46. The van der Waals surface area contributed by atoms with Crippen molar-refractivity contribution in [1.29, 1.82) is 0 Å². The van der Waals surface area contributed by atoms with E-state index in [0.29, 0.717) is 34.0 Å². The Balaban J connectivity index is 1.55. The number of nitrogens with zero attached hydrogens (tertiary/aromatic N) is 1. The zero-order valence-electron chi connectivity index (χ0n) is 13.7. The fourth-order valence-corrected chi connectivity index (χ4v) is 4.89. The number of piperidine rings is 1. The number of hydrogen-bond donors (Lipinski definition) is 0. The number of ether oxygens (including phenoxy) is 1. The summed E-state index contributed by atoms with van der Waals surface area (Å²) in [5, 5.41) is 1.32. The zero-order chi connectivity index (χ0) is 16.0. The van der Waals surface area contributed by atoms with Crippen molar-refractivity contribution in [2.75, 3.05) is 20.3 Å². The largest absolute Gasteiger partial charge is 0.381 e. The minimum Gasteiger partial charge on any atom is -0.381 e. The van der Waals surface area contributed by atoms with Crippen LogP contribution in [0.2, 0.25) is 10.0 Å². The lowest BCUT2D eigenvalue weighted by Gasteiger charge is -2.43. The minimum absolute atomic E-state index is 0.540. The topological polar surface area (TPSA) is 12.5 Å². The molecule has 0 amide bonds. The highest BCUT2D eigenvalue weighted by molar-refractivity contribution is 6.42. The quantitative estimate of drug-likeness (QED) is 0.739. The van der Waals surface area contributed by atoms with Crippen molar-refractivity contribution in [3.63, 3.8) is 0 Å². The Kier molecular flexibility index (Phi) is 4.62. The van der Waals surface area contributed by atoms with Crippen LogP contribution in [0.5, 0.6) is 0 Å². The summed E-state index contributed by atoms with van der Waals surface area (Å²) in [4.78, 5) is 2.60. The average Bonchev–Trinajstić information content (AvgIpc) is 3.31. The Labute approximate surface area is 149 Å². The number of halogens is 2. The molecule has 3 aliphatic rings. The number of benzene rings is 1. The van der Waals surface area contributed by atoms with Gasteiger partial charge in [0.05, 0.1) is 16.7 Å². The SMILES string of the molecule is CN1[C@@H]2CC[C@H]1[C@H](COCC1CC1)[C@H](c1ccc(Cl)c(Cl)c1)C2. The van der Waals surface area contributed by atoms with E-state index in [4.69, 9.17) is 27.9 Å². The van der Waals surface area contributed by atoms with Gasteiger partial charge in [-0.3, -0.25) is 0 Å². The van der Waals surface area contributed by atoms with Crippen LogP contribution in [0.1, 0.15) is 43.6 Å². The molecular weight excluding hydrogens is 329 g/mol. The fraction of sp³-hybridized carbons (Fsp3) is 0.684. The number of hydrogen-bond acceptors (Lipinski definition) is 2. The molecule has 2 nitrogen and oxygen atoms in total. The summed E-state index contributed by atoms with van der Waals surface area (Å²) in [6, 6.07) is 7.54. The zero-order valence-corrected chi connectivity index (χ0v) is 15.2. The van der Waals surface area contributed by atoms with Gasteiger partial charge in [-0.25, -0.2) is 0 Å². The van der Waals surface area contributed by atoms with E-state index in [2.05, 4.69) is 24.1 Å².